The van der Waals surface area contributed by atoms with Crippen molar-refractivity contribution in [2.45, 2.75) is 25.1 Å². The van der Waals surface area contributed by atoms with Crippen LogP contribution in [0.4, 0.5) is 0 Å². The predicted molar refractivity (Wildman–Crippen MR) is 94.4 cm³/mol. The van der Waals surface area contributed by atoms with Crippen molar-refractivity contribution < 1.29 is 4.74 Å². The van der Waals surface area contributed by atoms with Crippen LogP contribution < -0.4 is 19.6 Å². The van der Waals surface area contributed by atoms with Crippen molar-refractivity contribution in [2.75, 3.05) is 0 Å². The fourth-order valence-corrected chi connectivity index (χ4v) is 4.73. The zero-order valence-electron chi connectivity index (χ0n) is 13.8. The van der Waals surface area contributed by atoms with Gasteiger partial charge in [0.15, 0.2) is 4.80 Å². The molecule has 0 amide bonds. The van der Waals surface area contributed by atoms with Crippen LogP contribution in [0.1, 0.15) is 30.5 Å². The van der Waals surface area contributed by atoms with Gasteiger partial charge in [0, 0.05) is 30.8 Å². The van der Waals surface area contributed by atoms with Gasteiger partial charge in [0.05, 0.1) is 16.8 Å². The molecule has 0 spiro atoms. The van der Waals surface area contributed by atoms with Crippen LogP contribution in [-0.2, 0) is 7.05 Å². The summed E-state index contributed by atoms with van der Waals surface area (Å²) in [5.41, 5.74) is 1.33. The molecule has 5 rings (SSSR count). The molecule has 25 heavy (non-hydrogen) atoms. The van der Waals surface area contributed by atoms with Gasteiger partial charge in [-0.1, -0.05) is 29.5 Å². The molecular formula is C18H16N4O2S. The summed E-state index contributed by atoms with van der Waals surface area (Å²) in [7, 11) is 1.86. The van der Waals surface area contributed by atoms with Crippen molar-refractivity contribution in [1.82, 2.24) is 14.3 Å². The molecule has 0 fully saturated rings. The van der Waals surface area contributed by atoms with Crippen LogP contribution in [-0.4, -0.2) is 20.1 Å². The number of benzene rings is 1. The molecule has 0 saturated heterocycles. The first-order valence-electron chi connectivity index (χ1n) is 8.12. The third-order valence-corrected chi connectivity index (χ3v) is 5.67. The number of fused-ring (bicyclic) bond motifs is 6. The Kier molecular flexibility index (Phi) is 2.88. The Hall–Kier alpha value is -2.67. The van der Waals surface area contributed by atoms with Crippen LogP contribution >= 0.6 is 11.3 Å². The molecule has 0 N–H and O–H groups in total. The first-order valence-corrected chi connectivity index (χ1v) is 8.94. The van der Waals surface area contributed by atoms with E-state index in [1.54, 1.807) is 10.9 Å². The molecule has 0 saturated carbocycles. The zero-order chi connectivity index (χ0) is 17.2. The van der Waals surface area contributed by atoms with Crippen LogP contribution in [0.3, 0.4) is 0 Å². The van der Waals surface area contributed by atoms with Crippen LogP contribution in [0.15, 0.2) is 46.4 Å². The number of ether oxygens (including phenoxy) is 1. The van der Waals surface area contributed by atoms with E-state index in [4.69, 9.17) is 9.73 Å². The first kappa shape index (κ1) is 14.7. The third kappa shape index (κ3) is 2.19. The molecule has 1 aromatic carbocycles. The SMILES string of the molecule is Cn1cc(/C=c2\sc3n(c2=O)[C@@H]2C[C@](C)(N=3)Oc3ccccc32)cn1. The van der Waals surface area contributed by atoms with Gasteiger partial charge in [-0.3, -0.25) is 14.0 Å². The van der Waals surface area contributed by atoms with Crippen molar-refractivity contribution in [3.8, 4) is 5.75 Å². The second-order valence-electron chi connectivity index (χ2n) is 6.66. The molecular weight excluding hydrogens is 336 g/mol. The van der Waals surface area contributed by atoms with Gasteiger partial charge in [-0.25, -0.2) is 4.99 Å². The van der Waals surface area contributed by atoms with E-state index >= 15 is 0 Å². The highest BCUT2D eigenvalue weighted by Crippen LogP contribution is 2.42. The van der Waals surface area contributed by atoms with Gasteiger partial charge in [-0.05, 0) is 19.1 Å². The van der Waals surface area contributed by atoms with Crippen molar-refractivity contribution in [1.29, 1.82) is 0 Å². The van der Waals surface area contributed by atoms with E-state index in [9.17, 15) is 4.79 Å². The van der Waals surface area contributed by atoms with Gasteiger partial charge in [-0.2, -0.15) is 5.10 Å². The van der Waals surface area contributed by atoms with E-state index < -0.39 is 5.72 Å². The Labute approximate surface area is 147 Å². The van der Waals surface area contributed by atoms with Gasteiger partial charge in [0.2, 0.25) is 5.72 Å². The van der Waals surface area contributed by atoms with Crippen LogP contribution in [0.25, 0.3) is 6.08 Å². The van der Waals surface area contributed by atoms with Gasteiger partial charge in [0.1, 0.15) is 5.75 Å². The maximum absolute atomic E-state index is 13.1. The summed E-state index contributed by atoms with van der Waals surface area (Å²) in [6.07, 6.45) is 6.18. The average molecular weight is 352 g/mol. The van der Waals surface area contributed by atoms with Gasteiger partial charge in [-0.15, -0.1) is 0 Å². The standard InChI is InChI=1S/C18H16N4O2S/c1-18-8-13(12-5-3-4-6-14(12)24-18)22-16(23)15(25-17(22)20-18)7-11-9-19-21(2)10-11/h3-7,9-10,13H,8H2,1-2H3/b15-7-/t13-,18-/m1/s1. The number of nitrogens with zero attached hydrogens (tertiary/aromatic N) is 4. The average Bonchev–Trinajstić information content (AvgIpc) is 3.10. The Morgan fingerprint density at radius 3 is 3.04 bits per heavy atom. The van der Waals surface area contributed by atoms with E-state index in [1.807, 2.05) is 55.1 Å². The topological polar surface area (TPSA) is 61.4 Å². The van der Waals surface area contributed by atoms with E-state index in [2.05, 4.69) is 5.10 Å². The smallest absolute Gasteiger partial charge is 0.270 e. The second-order valence-corrected chi connectivity index (χ2v) is 7.67. The first-order chi connectivity index (χ1) is 12.0. The highest BCUT2D eigenvalue weighted by Gasteiger charge is 2.42. The number of hydrogen-bond donors (Lipinski definition) is 0. The molecule has 2 aliphatic heterocycles. The number of hydrogen-bond acceptors (Lipinski definition) is 5. The van der Waals surface area contributed by atoms with Crippen molar-refractivity contribution in [3.05, 3.63) is 67.5 Å². The van der Waals surface area contributed by atoms with E-state index in [0.717, 1.165) is 16.9 Å². The summed E-state index contributed by atoms with van der Waals surface area (Å²) in [5.74, 6) is 0.812. The predicted octanol–water partition coefficient (Wildman–Crippen LogP) is 1.19. The largest absolute Gasteiger partial charge is 0.466 e. The lowest BCUT2D eigenvalue weighted by Crippen LogP contribution is -2.49. The Morgan fingerprint density at radius 1 is 1.40 bits per heavy atom. The molecule has 6 nitrogen and oxygen atoms in total. The second kappa shape index (κ2) is 4.92. The van der Waals surface area contributed by atoms with Crippen LogP contribution in [0, 0.1) is 0 Å². The minimum atomic E-state index is -0.623. The molecule has 3 aromatic rings. The molecule has 4 heterocycles. The highest BCUT2D eigenvalue weighted by atomic mass is 32.1. The molecule has 7 heteroatoms. The molecule has 2 atom stereocenters. The fraction of sp³-hybridized carbons (Fsp3) is 0.278. The summed E-state index contributed by atoms with van der Waals surface area (Å²) in [5, 5.41) is 4.16. The lowest BCUT2D eigenvalue weighted by atomic mass is 9.93. The van der Waals surface area contributed by atoms with Gasteiger partial charge >= 0.3 is 0 Å². The van der Waals surface area contributed by atoms with E-state index in [1.165, 1.54) is 11.3 Å². The number of para-hydroxylation sites is 1. The van der Waals surface area contributed by atoms with Crippen LogP contribution in [0.5, 0.6) is 5.75 Å². The van der Waals surface area contributed by atoms with Crippen molar-refractivity contribution >= 4 is 17.4 Å². The lowest BCUT2D eigenvalue weighted by molar-refractivity contribution is 0.0410. The maximum atomic E-state index is 13.1. The van der Waals surface area contributed by atoms with Crippen LogP contribution in [0.2, 0.25) is 0 Å². The number of rotatable bonds is 1. The normalized spacial score (nSPS) is 24.2. The number of thiazole rings is 1. The summed E-state index contributed by atoms with van der Waals surface area (Å²) < 4.78 is 10.3. The van der Waals surface area contributed by atoms with Gasteiger partial charge < -0.3 is 4.74 Å². The molecule has 126 valence electrons. The quantitative estimate of drug-likeness (QED) is 0.661. The van der Waals surface area contributed by atoms with E-state index in [-0.39, 0.29) is 11.6 Å². The Balaban J connectivity index is 1.77. The molecule has 2 aromatic heterocycles. The summed E-state index contributed by atoms with van der Waals surface area (Å²) >= 11 is 1.41. The monoisotopic (exact) mass is 352 g/mol. The number of aromatic nitrogens is 3. The summed E-state index contributed by atoms with van der Waals surface area (Å²) in [6, 6.07) is 7.87. The highest BCUT2D eigenvalue weighted by molar-refractivity contribution is 7.07. The third-order valence-electron chi connectivity index (χ3n) is 4.68. The lowest BCUT2D eigenvalue weighted by Gasteiger charge is -2.39. The summed E-state index contributed by atoms with van der Waals surface area (Å²) in [6.45, 7) is 1.98. The van der Waals surface area contributed by atoms with Gasteiger partial charge in [0.25, 0.3) is 5.56 Å². The minimum absolute atomic E-state index is 0.00337. The molecule has 0 radical (unpaired) electrons. The molecule has 2 bridgehead atoms. The zero-order valence-corrected chi connectivity index (χ0v) is 14.7. The minimum Gasteiger partial charge on any atom is -0.466 e. The maximum Gasteiger partial charge on any atom is 0.270 e. The Morgan fingerprint density at radius 2 is 2.24 bits per heavy atom. The van der Waals surface area contributed by atoms with E-state index in [0.29, 0.717) is 15.8 Å². The number of aryl methyl sites for hydroxylation is 1. The molecule has 0 aliphatic carbocycles. The Bertz CT molecular complexity index is 1170. The molecule has 0 unspecified atom stereocenters. The fourth-order valence-electron chi connectivity index (χ4n) is 3.60. The molecule has 2 aliphatic rings. The van der Waals surface area contributed by atoms with Crippen molar-refractivity contribution in [2.24, 2.45) is 12.0 Å². The van der Waals surface area contributed by atoms with Crippen molar-refractivity contribution in [3.63, 3.8) is 0 Å². The summed E-state index contributed by atoms with van der Waals surface area (Å²) in [4.78, 5) is 18.5.